The van der Waals surface area contributed by atoms with Crippen molar-refractivity contribution in [2.24, 2.45) is 0 Å². The fraction of sp³-hybridized carbons (Fsp3) is 0.444. The summed E-state index contributed by atoms with van der Waals surface area (Å²) in [5, 5.41) is 7.33. The third-order valence-corrected chi connectivity index (χ3v) is 6.95. The molecule has 26 heavy (non-hydrogen) atoms. The summed E-state index contributed by atoms with van der Waals surface area (Å²) in [4.78, 5) is 13.7. The minimum Gasteiger partial charge on any atom is -0.321 e. The molecule has 0 radical (unpaired) electrons. The van der Waals surface area contributed by atoms with E-state index in [0.29, 0.717) is 17.8 Å². The van der Waals surface area contributed by atoms with Crippen LogP contribution >= 0.6 is 11.8 Å². The highest BCUT2D eigenvalue weighted by molar-refractivity contribution is 7.98. The molecule has 1 unspecified atom stereocenters. The van der Waals surface area contributed by atoms with Gasteiger partial charge in [-0.1, -0.05) is 19.9 Å². The van der Waals surface area contributed by atoms with Crippen LogP contribution in [0.1, 0.15) is 48.4 Å². The molecule has 8 heteroatoms. The van der Waals surface area contributed by atoms with E-state index in [-0.39, 0.29) is 29.4 Å². The smallest absolute Gasteiger partial charge is 0.276 e. The van der Waals surface area contributed by atoms with Gasteiger partial charge in [0.1, 0.15) is 0 Å². The first-order valence-electron chi connectivity index (χ1n) is 8.54. The van der Waals surface area contributed by atoms with E-state index in [0.717, 1.165) is 10.6 Å². The number of nitrogens with zero attached hydrogens (tertiary/aromatic N) is 2. The first-order valence-corrected chi connectivity index (χ1v) is 11.6. The van der Waals surface area contributed by atoms with Gasteiger partial charge < -0.3 is 5.32 Å². The molecule has 1 amide bonds. The van der Waals surface area contributed by atoms with E-state index in [4.69, 9.17) is 0 Å². The maximum Gasteiger partial charge on any atom is 0.276 e. The van der Waals surface area contributed by atoms with Crippen LogP contribution in [-0.4, -0.2) is 41.9 Å². The Bertz CT molecular complexity index is 920. The van der Waals surface area contributed by atoms with E-state index in [1.165, 1.54) is 0 Å². The summed E-state index contributed by atoms with van der Waals surface area (Å²) in [5.74, 6) is 0.125. The van der Waals surface area contributed by atoms with Gasteiger partial charge in [0.2, 0.25) is 0 Å². The molecule has 140 valence electrons. The van der Waals surface area contributed by atoms with Gasteiger partial charge in [-0.25, -0.2) is 8.42 Å². The number of benzene rings is 1. The number of aromatic nitrogens is 2. The molecule has 0 saturated carbocycles. The second kappa shape index (κ2) is 7.44. The maximum absolute atomic E-state index is 12.6. The lowest BCUT2D eigenvalue weighted by molar-refractivity contribution is 0.102. The van der Waals surface area contributed by atoms with Crippen molar-refractivity contribution in [2.45, 2.75) is 37.1 Å². The lowest BCUT2D eigenvalue weighted by Gasteiger charge is -2.15. The monoisotopic (exact) mass is 393 g/mol. The predicted molar refractivity (Wildman–Crippen MR) is 105 cm³/mol. The number of hydrogen-bond donors (Lipinski definition) is 1. The molecule has 3 rings (SSSR count). The van der Waals surface area contributed by atoms with Crippen molar-refractivity contribution >= 4 is 33.2 Å². The molecule has 0 spiro atoms. The zero-order valence-corrected chi connectivity index (χ0v) is 16.7. The third kappa shape index (κ3) is 4.12. The molecule has 0 aliphatic carbocycles. The SMILES string of the molecule is CSc1cccc(NC(=O)c2cc(C(C)C)n(C3CCS(=O)(=O)C3)n2)c1. The summed E-state index contributed by atoms with van der Waals surface area (Å²) in [6.07, 6.45) is 2.52. The maximum atomic E-state index is 12.6. The third-order valence-electron chi connectivity index (χ3n) is 4.47. The first-order chi connectivity index (χ1) is 12.3. The molecule has 1 atom stereocenters. The van der Waals surface area contributed by atoms with Crippen molar-refractivity contribution in [2.75, 3.05) is 23.1 Å². The number of carbonyl (C=O) groups excluding carboxylic acids is 1. The number of rotatable bonds is 5. The molecule has 1 aromatic heterocycles. The summed E-state index contributed by atoms with van der Waals surface area (Å²) in [6.45, 7) is 4.03. The number of carbonyl (C=O) groups is 1. The van der Waals surface area contributed by atoms with Crippen LogP contribution in [0, 0.1) is 0 Å². The fourth-order valence-electron chi connectivity index (χ4n) is 3.11. The number of thioether (sulfide) groups is 1. The highest BCUT2D eigenvalue weighted by atomic mass is 32.2. The van der Waals surface area contributed by atoms with E-state index in [2.05, 4.69) is 10.4 Å². The van der Waals surface area contributed by atoms with Crippen molar-refractivity contribution in [1.29, 1.82) is 0 Å². The van der Waals surface area contributed by atoms with Crippen LogP contribution in [0.25, 0.3) is 0 Å². The highest BCUT2D eigenvalue weighted by Gasteiger charge is 2.32. The fourth-order valence-corrected chi connectivity index (χ4v) is 5.26. The average Bonchev–Trinajstić information content (AvgIpc) is 3.18. The zero-order valence-electron chi connectivity index (χ0n) is 15.1. The first kappa shape index (κ1) is 19.0. The van der Waals surface area contributed by atoms with Crippen LogP contribution < -0.4 is 5.32 Å². The van der Waals surface area contributed by atoms with Crippen molar-refractivity contribution in [3.63, 3.8) is 0 Å². The Hall–Kier alpha value is -1.80. The minimum absolute atomic E-state index is 0.0885. The Morgan fingerprint density at radius 2 is 2.12 bits per heavy atom. The summed E-state index contributed by atoms with van der Waals surface area (Å²) in [6, 6.07) is 9.19. The lowest BCUT2D eigenvalue weighted by atomic mass is 10.1. The highest BCUT2D eigenvalue weighted by Crippen LogP contribution is 2.28. The van der Waals surface area contributed by atoms with Gasteiger partial charge in [0.25, 0.3) is 5.91 Å². The standard InChI is InChI=1S/C18H23N3O3S2/c1-12(2)17-10-16(20-21(17)14-7-8-26(23,24)11-14)18(22)19-13-5-4-6-15(9-13)25-3/h4-6,9-10,12,14H,7-8,11H2,1-3H3,(H,19,22). The number of sulfone groups is 1. The predicted octanol–water partition coefficient (Wildman–Crippen LogP) is 3.34. The topological polar surface area (TPSA) is 81.1 Å². The Morgan fingerprint density at radius 3 is 2.73 bits per heavy atom. The molecule has 1 aliphatic rings. The van der Waals surface area contributed by atoms with Gasteiger partial charge in [0.15, 0.2) is 15.5 Å². The number of amides is 1. The van der Waals surface area contributed by atoms with Crippen LogP contribution in [0.4, 0.5) is 5.69 Å². The van der Waals surface area contributed by atoms with Crippen LogP contribution in [0.15, 0.2) is 35.2 Å². The average molecular weight is 394 g/mol. The quantitative estimate of drug-likeness (QED) is 0.788. The van der Waals surface area contributed by atoms with Crippen LogP contribution in [0.2, 0.25) is 0 Å². The number of hydrogen-bond acceptors (Lipinski definition) is 5. The molecule has 0 bridgehead atoms. The molecular formula is C18H23N3O3S2. The van der Waals surface area contributed by atoms with Crippen molar-refractivity contribution < 1.29 is 13.2 Å². The number of anilines is 1. The van der Waals surface area contributed by atoms with Gasteiger partial charge in [0.05, 0.1) is 17.5 Å². The van der Waals surface area contributed by atoms with E-state index in [9.17, 15) is 13.2 Å². The van der Waals surface area contributed by atoms with Gasteiger partial charge >= 0.3 is 0 Å². The second-order valence-electron chi connectivity index (χ2n) is 6.80. The molecule has 1 fully saturated rings. The second-order valence-corrected chi connectivity index (χ2v) is 9.91. The van der Waals surface area contributed by atoms with Gasteiger partial charge in [-0.3, -0.25) is 9.48 Å². The Kier molecular flexibility index (Phi) is 5.43. The van der Waals surface area contributed by atoms with Crippen LogP contribution in [-0.2, 0) is 9.84 Å². The molecular weight excluding hydrogens is 370 g/mol. The molecule has 1 saturated heterocycles. The van der Waals surface area contributed by atoms with Gasteiger partial charge in [-0.2, -0.15) is 5.10 Å². The van der Waals surface area contributed by atoms with Crippen LogP contribution in [0.3, 0.4) is 0 Å². The molecule has 1 aliphatic heterocycles. The van der Waals surface area contributed by atoms with Gasteiger partial charge in [-0.05, 0) is 42.9 Å². The van der Waals surface area contributed by atoms with Crippen molar-refractivity contribution in [1.82, 2.24) is 9.78 Å². The minimum atomic E-state index is -3.02. The largest absolute Gasteiger partial charge is 0.321 e. The Labute approximate surface area is 158 Å². The molecule has 1 N–H and O–H groups in total. The van der Waals surface area contributed by atoms with E-state index in [1.807, 2.05) is 44.4 Å². The Balaban J connectivity index is 1.86. The molecule has 1 aromatic carbocycles. The van der Waals surface area contributed by atoms with Gasteiger partial charge in [0, 0.05) is 16.3 Å². The summed E-state index contributed by atoms with van der Waals surface area (Å²) in [7, 11) is -3.02. The lowest BCUT2D eigenvalue weighted by Crippen LogP contribution is -2.17. The Morgan fingerprint density at radius 1 is 1.35 bits per heavy atom. The molecule has 2 heterocycles. The van der Waals surface area contributed by atoms with E-state index >= 15 is 0 Å². The molecule has 6 nitrogen and oxygen atoms in total. The van der Waals surface area contributed by atoms with Crippen LogP contribution in [0.5, 0.6) is 0 Å². The summed E-state index contributed by atoms with van der Waals surface area (Å²) in [5.41, 5.74) is 1.91. The van der Waals surface area contributed by atoms with E-state index < -0.39 is 9.84 Å². The van der Waals surface area contributed by atoms with Crippen molar-refractivity contribution in [3.05, 3.63) is 41.7 Å². The summed E-state index contributed by atoms with van der Waals surface area (Å²) < 4.78 is 25.4. The normalized spacial score (nSPS) is 19.0. The number of nitrogens with one attached hydrogen (secondary N) is 1. The molecule has 2 aromatic rings. The van der Waals surface area contributed by atoms with Gasteiger partial charge in [-0.15, -0.1) is 11.8 Å². The van der Waals surface area contributed by atoms with E-state index in [1.54, 1.807) is 22.5 Å². The summed E-state index contributed by atoms with van der Waals surface area (Å²) >= 11 is 1.61. The zero-order chi connectivity index (χ0) is 18.9. The van der Waals surface area contributed by atoms with Crippen molar-refractivity contribution in [3.8, 4) is 0 Å².